The molecule has 2 fully saturated rings. The van der Waals surface area contributed by atoms with Crippen molar-refractivity contribution >= 4 is 12.0 Å². The molecule has 19 heavy (non-hydrogen) atoms. The molecule has 0 spiro atoms. The summed E-state index contributed by atoms with van der Waals surface area (Å²) in [6, 6.07) is -0.371. The minimum atomic E-state index is -1.11. The van der Waals surface area contributed by atoms with Gasteiger partial charge in [-0.1, -0.05) is 12.8 Å². The van der Waals surface area contributed by atoms with Crippen molar-refractivity contribution in [2.45, 2.75) is 56.6 Å². The van der Waals surface area contributed by atoms with Gasteiger partial charge in [0.15, 0.2) is 0 Å². The Bertz CT molecular complexity index is 375. The number of carboxylic acid groups (broad SMARTS) is 1. The lowest BCUT2D eigenvalue weighted by atomic mass is 9.95. The molecule has 0 aromatic rings. The predicted octanol–water partition coefficient (Wildman–Crippen LogP) is 0.940. The minimum Gasteiger partial charge on any atom is -0.480 e. The quantitative estimate of drug-likeness (QED) is 0.696. The van der Waals surface area contributed by atoms with Gasteiger partial charge in [-0.15, -0.1) is 0 Å². The van der Waals surface area contributed by atoms with Crippen molar-refractivity contribution < 1.29 is 19.8 Å². The zero-order chi connectivity index (χ0) is 14.1. The number of hydrogen-bond donors (Lipinski definition) is 3. The number of nitrogens with one attached hydrogen (secondary N) is 1. The van der Waals surface area contributed by atoms with Crippen LogP contribution in [0.3, 0.4) is 0 Å². The molecule has 2 rings (SSSR count). The number of nitrogens with zero attached hydrogens (tertiary/aromatic N) is 1. The number of carbonyl (C=O) groups is 2. The van der Waals surface area contributed by atoms with Crippen LogP contribution in [-0.2, 0) is 4.79 Å². The smallest absolute Gasteiger partial charge is 0.329 e. The zero-order valence-corrected chi connectivity index (χ0v) is 11.3. The summed E-state index contributed by atoms with van der Waals surface area (Å²) in [4.78, 5) is 25.1. The molecule has 0 aromatic heterocycles. The molecule has 2 aliphatic rings. The maximum Gasteiger partial charge on any atom is 0.329 e. The van der Waals surface area contributed by atoms with Gasteiger partial charge in [0.05, 0.1) is 12.1 Å². The van der Waals surface area contributed by atoms with Crippen LogP contribution in [0.15, 0.2) is 0 Å². The Balaban J connectivity index is 2.02. The Morgan fingerprint density at radius 3 is 2.32 bits per heavy atom. The molecule has 3 N–H and O–H groups in total. The third kappa shape index (κ3) is 3.00. The molecule has 1 atom stereocenters. The molecule has 1 heterocycles. The highest BCUT2D eigenvalue weighted by atomic mass is 16.4. The Hall–Kier alpha value is -1.30. The third-order valence-corrected chi connectivity index (χ3v) is 4.17. The van der Waals surface area contributed by atoms with Crippen LogP contribution < -0.4 is 5.32 Å². The average molecular weight is 270 g/mol. The van der Waals surface area contributed by atoms with E-state index in [4.69, 9.17) is 0 Å². The number of carbonyl (C=O) groups excluding carboxylic acids is 1. The number of β-amino-alcohol motifs (C(OH)–C–C–N with tert-alkyl or cyclic N) is 1. The van der Waals surface area contributed by atoms with Gasteiger partial charge in [-0.2, -0.15) is 0 Å². The predicted molar refractivity (Wildman–Crippen MR) is 68.8 cm³/mol. The van der Waals surface area contributed by atoms with Gasteiger partial charge in [-0.05, 0) is 32.6 Å². The van der Waals surface area contributed by atoms with Crippen LogP contribution in [0.5, 0.6) is 0 Å². The summed E-state index contributed by atoms with van der Waals surface area (Å²) in [5, 5.41) is 22.0. The van der Waals surface area contributed by atoms with Crippen LogP contribution in [0.1, 0.15) is 45.4 Å². The van der Waals surface area contributed by atoms with Crippen LogP contribution in [0.4, 0.5) is 4.79 Å². The molecular weight excluding hydrogens is 248 g/mol. The molecule has 0 bridgehead atoms. The third-order valence-electron chi connectivity index (χ3n) is 4.17. The van der Waals surface area contributed by atoms with Gasteiger partial charge in [-0.3, -0.25) is 0 Å². The number of likely N-dealkylation sites (tertiary alicyclic amines) is 1. The first-order valence-corrected chi connectivity index (χ1v) is 6.88. The highest BCUT2D eigenvalue weighted by molar-refractivity contribution is 5.86. The van der Waals surface area contributed by atoms with Gasteiger partial charge in [0.25, 0.3) is 0 Å². The van der Waals surface area contributed by atoms with E-state index in [2.05, 4.69) is 5.32 Å². The highest BCUT2D eigenvalue weighted by Gasteiger charge is 2.44. The number of urea groups is 1. The van der Waals surface area contributed by atoms with E-state index in [0.29, 0.717) is 25.8 Å². The second-order valence-corrected chi connectivity index (χ2v) is 6.05. The molecule has 1 saturated heterocycles. The van der Waals surface area contributed by atoms with Crippen LogP contribution in [0.25, 0.3) is 0 Å². The SMILES string of the molecule is CC1(O)CCCN(C(=O)NC2(C(=O)O)CCCC2)C1. The average Bonchev–Trinajstić information content (AvgIpc) is 2.77. The lowest BCUT2D eigenvalue weighted by Gasteiger charge is -2.38. The van der Waals surface area contributed by atoms with Gasteiger partial charge < -0.3 is 20.4 Å². The van der Waals surface area contributed by atoms with E-state index < -0.39 is 17.1 Å². The van der Waals surface area contributed by atoms with E-state index in [1.54, 1.807) is 6.92 Å². The van der Waals surface area contributed by atoms with Crippen molar-refractivity contribution in [3.63, 3.8) is 0 Å². The molecule has 1 aliphatic carbocycles. The number of carboxylic acids is 1. The fourth-order valence-electron chi connectivity index (χ4n) is 3.05. The summed E-state index contributed by atoms with van der Waals surface area (Å²) in [6.45, 7) is 2.53. The Morgan fingerprint density at radius 2 is 1.79 bits per heavy atom. The molecule has 2 amide bonds. The largest absolute Gasteiger partial charge is 0.480 e. The van der Waals surface area contributed by atoms with E-state index in [1.807, 2.05) is 0 Å². The summed E-state index contributed by atoms with van der Waals surface area (Å²) in [6.07, 6.45) is 4.02. The number of hydrogen-bond acceptors (Lipinski definition) is 3. The molecule has 1 unspecified atom stereocenters. The number of piperidine rings is 1. The standard InChI is InChI=1S/C13H22N2O4/c1-12(19)5-4-8-15(9-12)11(18)14-13(10(16)17)6-2-3-7-13/h19H,2-9H2,1H3,(H,14,18)(H,16,17). The molecule has 6 heteroatoms. The van der Waals surface area contributed by atoms with Crippen molar-refractivity contribution in [1.82, 2.24) is 10.2 Å². The van der Waals surface area contributed by atoms with Crippen molar-refractivity contribution in [2.24, 2.45) is 0 Å². The van der Waals surface area contributed by atoms with Gasteiger partial charge in [0, 0.05) is 6.54 Å². The van der Waals surface area contributed by atoms with E-state index in [-0.39, 0.29) is 12.6 Å². The lowest BCUT2D eigenvalue weighted by molar-refractivity contribution is -0.144. The molecule has 0 radical (unpaired) electrons. The maximum atomic E-state index is 12.2. The summed E-state index contributed by atoms with van der Waals surface area (Å²) in [7, 11) is 0. The van der Waals surface area contributed by atoms with Crippen LogP contribution in [0.2, 0.25) is 0 Å². The first-order chi connectivity index (χ1) is 8.85. The van der Waals surface area contributed by atoms with Gasteiger partial charge in [0.2, 0.25) is 0 Å². The monoisotopic (exact) mass is 270 g/mol. The molecule has 108 valence electrons. The highest BCUT2D eigenvalue weighted by Crippen LogP contribution is 2.30. The van der Waals surface area contributed by atoms with Crippen molar-refractivity contribution in [3.8, 4) is 0 Å². The van der Waals surface area contributed by atoms with Crippen molar-refractivity contribution in [3.05, 3.63) is 0 Å². The molecule has 0 aromatic carbocycles. The fraction of sp³-hybridized carbons (Fsp3) is 0.846. The lowest BCUT2D eigenvalue weighted by Crippen LogP contribution is -2.59. The van der Waals surface area contributed by atoms with E-state index in [0.717, 1.165) is 19.3 Å². The van der Waals surface area contributed by atoms with E-state index in [1.165, 1.54) is 4.90 Å². The maximum absolute atomic E-state index is 12.2. The van der Waals surface area contributed by atoms with Crippen molar-refractivity contribution in [2.75, 3.05) is 13.1 Å². The number of amides is 2. The zero-order valence-electron chi connectivity index (χ0n) is 11.3. The molecule has 6 nitrogen and oxygen atoms in total. The van der Waals surface area contributed by atoms with Crippen LogP contribution in [0, 0.1) is 0 Å². The van der Waals surface area contributed by atoms with E-state index in [9.17, 15) is 19.8 Å². The molecule has 1 saturated carbocycles. The Morgan fingerprint density at radius 1 is 1.16 bits per heavy atom. The normalized spacial score (nSPS) is 30.1. The fourth-order valence-corrected chi connectivity index (χ4v) is 3.05. The van der Waals surface area contributed by atoms with Gasteiger partial charge >= 0.3 is 12.0 Å². The Kier molecular flexibility index (Phi) is 3.71. The first-order valence-electron chi connectivity index (χ1n) is 6.88. The van der Waals surface area contributed by atoms with E-state index >= 15 is 0 Å². The van der Waals surface area contributed by atoms with Crippen LogP contribution in [-0.4, -0.2) is 51.3 Å². The number of aliphatic hydroxyl groups is 1. The van der Waals surface area contributed by atoms with Gasteiger partial charge in [0.1, 0.15) is 5.54 Å². The summed E-state index contributed by atoms with van der Waals surface area (Å²) in [5.41, 5.74) is -1.98. The van der Waals surface area contributed by atoms with Crippen molar-refractivity contribution in [1.29, 1.82) is 0 Å². The minimum absolute atomic E-state index is 0.258. The second-order valence-electron chi connectivity index (χ2n) is 6.05. The summed E-state index contributed by atoms with van der Waals surface area (Å²) < 4.78 is 0. The topological polar surface area (TPSA) is 89.9 Å². The summed E-state index contributed by atoms with van der Waals surface area (Å²) >= 11 is 0. The molecular formula is C13H22N2O4. The number of aliphatic carboxylic acids is 1. The summed E-state index contributed by atoms with van der Waals surface area (Å²) in [5.74, 6) is -0.956. The Labute approximate surface area is 112 Å². The first kappa shape index (κ1) is 14.1. The van der Waals surface area contributed by atoms with Gasteiger partial charge in [-0.25, -0.2) is 9.59 Å². The second kappa shape index (κ2) is 5.00. The molecule has 1 aliphatic heterocycles. The number of rotatable bonds is 2. The van der Waals surface area contributed by atoms with Crippen LogP contribution >= 0.6 is 0 Å².